The summed E-state index contributed by atoms with van der Waals surface area (Å²) in [7, 11) is 0. The van der Waals surface area contributed by atoms with Gasteiger partial charge in [-0.15, -0.1) is 0 Å². The van der Waals surface area contributed by atoms with Gasteiger partial charge in [-0.1, -0.05) is 0 Å². The van der Waals surface area contributed by atoms with Crippen LogP contribution in [0.4, 0.5) is 4.79 Å². The third kappa shape index (κ3) is 8.84. The van der Waals surface area contributed by atoms with E-state index in [0.717, 1.165) is 0 Å². The summed E-state index contributed by atoms with van der Waals surface area (Å²) in [6.45, 7) is 0. The second kappa shape index (κ2) is 5.35. The first-order chi connectivity index (χ1) is 2.27. The van der Waals surface area contributed by atoms with E-state index >= 15 is 0 Å². The number of hydrogen-bond acceptors (Lipinski definition) is 1. The Kier molecular flexibility index (Phi) is 8.56. The molecule has 0 fully saturated rings. The second-order valence-corrected chi connectivity index (χ2v) is 0.855. The van der Waals surface area contributed by atoms with E-state index in [-0.39, 0.29) is 20.3 Å². The summed E-state index contributed by atoms with van der Waals surface area (Å²) in [5.41, 5.74) is 4.49. The number of primary amides is 1. The monoisotopic (exact) mass is 146 g/mol. The Hall–Kier alpha value is 0.347. The van der Waals surface area contributed by atoms with Gasteiger partial charge in [-0.05, 0) is 0 Å². The van der Waals surface area contributed by atoms with Crippen LogP contribution < -0.4 is 28.9 Å². The van der Waals surface area contributed by atoms with Crippen LogP contribution >= 0.6 is 16.1 Å². The molecule has 0 saturated heterocycles. The molecule has 0 bridgehead atoms. The molecule has 0 atom stereocenters. The quantitative estimate of drug-likeness (QED) is 0.280. The Labute approximate surface area is 57.7 Å². The molecule has 0 heterocycles. The molecular formula is CH4BrLiN2O. The third-order valence-corrected chi connectivity index (χ3v) is 0.484. The standard InChI is InChI=1S/CH3BrN2O.Li.H/c2-4-1(3)5;;/h(H3,3,4,5);;/q;+1;-1. The molecule has 32 valence electrons. The third-order valence-electron chi connectivity index (χ3n) is 0.0931. The number of nitrogens with two attached hydrogens (primary N) is 1. The molecule has 0 rings (SSSR count). The van der Waals surface area contributed by atoms with Gasteiger partial charge in [-0.3, -0.25) is 4.34 Å². The van der Waals surface area contributed by atoms with Gasteiger partial charge < -0.3 is 7.16 Å². The number of carbonyl (C=O) groups is 1. The molecule has 0 aliphatic carbocycles. The zero-order valence-corrected chi connectivity index (χ0v) is 4.95. The normalized spacial score (nSPS) is 5.50. The first kappa shape index (κ1) is 9.60. The SMILES string of the molecule is NC(=O)NBr.[H-].[Li+]. The van der Waals surface area contributed by atoms with Gasteiger partial charge in [0.05, 0.1) is 16.1 Å². The van der Waals surface area contributed by atoms with Crippen LogP contribution in [0.2, 0.25) is 0 Å². The molecule has 0 unspecified atom stereocenters. The van der Waals surface area contributed by atoms with E-state index < -0.39 is 6.03 Å². The van der Waals surface area contributed by atoms with Crippen LogP contribution in [0.5, 0.6) is 0 Å². The smallest absolute Gasteiger partial charge is 1.00 e. The Balaban J connectivity index is -0.0000000800. The van der Waals surface area contributed by atoms with Crippen LogP contribution in [0.1, 0.15) is 1.43 Å². The summed E-state index contributed by atoms with van der Waals surface area (Å²) in [6.07, 6.45) is 0. The molecule has 5 heteroatoms. The maximum Gasteiger partial charge on any atom is 1.00 e. The number of rotatable bonds is 0. The minimum absolute atomic E-state index is 0. The Bertz CT molecular complexity index is 53.0. The van der Waals surface area contributed by atoms with Crippen molar-refractivity contribution < 1.29 is 25.1 Å². The summed E-state index contributed by atoms with van der Waals surface area (Å²) in [4.78, 5) is 9.43. The first-order valence-electron chi connectivity index (χ1n) is 0.932. The molecular weight excluding hydrogens is 143 g/mol. The predicted molar refractivity (Wildman–Crippen MR) is 22.8 cm³/mol. The van der Waals surface area contributed by atoms with Gasteiger partial charge in [0.25, 0.3) is 0 Å². The van der Waals surface area contributed by atoms with Crippen molar-refractivity contribution in [2.24, 2.45) is 5.73 Å². The number of carbonyl (C=O) groups excluding carboxylic acids is 1. The van der Waals surface area contributed by atoms with Crippen LogP contribution in [-0.2, 0) is 0 Å². The molecule has 0 spiro atoms. The van der Waals surface area contributed by atoms with Gasteiger partial charge in [0, 0.05) is 0 Å². The molecule has 3 nitrogen and oxygen atoms in total. The zero-order chi connectivity index (χ0) is 4.28. The van der Waals surface area contributed by atoms with Gasteiger partial charge in [-0.2, -0.15) is 0 Å². The fraction of sp³-hybridized carbons (Fsp3) is 0. The topological polar surface area (TPSA) is 55.1 Å². The molecule has 0 aromatic rings. The maximum absolute atomic E-state index is 9.43. The summed E-state index contributed by atoms with van der Waals surface area (Å²) in [6, 6.07) is -0.579. The van der Waals surface area contributed by atoms with Gasteiger partial charge in [0.15, 0.2) is 0 Å². The van der Waals surface area contributed by atoms with Crippen molar-refractivity contribution in [1.82, 2.24) is 4.34 Å². The van der Waals surface area contributed by atoms with E-state index in [1.807, 2.05) is 4.34 Å². The summed E-state index contributed by atoms with van der Waals surface area (Å²) in [5.74, 6) is 0. The van der Waals surface area contributed by atoms with Crippen molar-refractivity contribution in [3.8, 4) is 0 Å². The van der Waals surface area contributed by atoms with E-state index in [4.69, 9.17) is 0 Å². The molecule has 0 aromatic heterocycles. The summed E-state index contributed by atoms with van der Waals surface area (Å²) >= 11 is 2.59. The van der Waals surface area contributed by atoms with Crippen molar-refractivity contribution in [2.75, 3.05) is 0 Å². The second-order valence-electron chi connectivity index (χ2n) is 0.459. The fourth-order valence-corrected chi connectivity index (χ4v) is 0. The molecule has 0 saturated carbocycles. The number of nitrogens with one attached hydrogen (secondary N) is 1. The maximum atomic E-state index is 9.43. The first-order valence-corrected chi connectivity index (χ1v) is 1.72. The van der Waals surface area contributed by atoms with E-state index in [1.165, 1.54) is 0 Å². The largest absolute Gasteiger partial charge is 1.00 e. The average Bonchev–Trinajstić information content (AvgIpc) is 1.38. The number of hydrogen-bond donors (Lipinski definition) is 2. The fourth-order valence-electron chi connectivity index (χ4n) is 0. The summed E-state index contributed by atoms with van der Waals surface area (Å²) < 4.78 is 1.98. The molecule has 3 N–H and O–H groups in total. The van der Waals surface area contributed by atoms with E-state index in [9.17, 15) is 4.79 Å². The van der Waals surface area contributed by atoms with Gasteiger partial charge in [0.1, 0.15) is 0 Å². The Morgan fingerprint density at radius 3 is 2.17 bits per heavy atom. The van der Waals surface area contributed by atoms with Crippen molar-refractivity contribution in [1.29, 1.82) is 0 Å². The van der Waals surface area contributed by atoms with Crippen molar-refractivity contribution >= 4 is 22.2 Å². The van der Waals surface area contributed by atoms with Crippen LogP contribution in [0.15, 0.2) is 0 Å². The Morgan fingerprint density at radius 1 is 2.00 bits per heavy atom. The van der Waals surface area contributed by atoms with Crippen LogP contribution in [0, 0.1) is 0 Å². The minimum Gasteiger partial charge on any atom is -1.00 e. The van der Waals surface area contributed by atoms with Gasteiger partial charge >= 0.3 is 24.9 Å². The van der Waals surface area contributed by atoms with Crippen molar-refractivity contribution in [3.63, 3.8) is 0 Å². The van der Waals surface area contributed by atoms with Gasteiger partial charge in [-0.25, -0.2) is 4.79 Å². The number of amides is 2. The Morgan fingerprint density at radius 2 is 2.17 bits per heavy atom. The predicted octanol–water partition coefficient (Wildman–Crippen LogP) is -2.92. The van der Waals surface area contributed by atoms with E-state index in [1.54, 1.807) is 0 Å². The number of urea groups is 1. The average molecular weight is 147 g/mol. The molecule has 6 heavy (non-hydrogen) atoms. The van der Waals surface area contributed by atoms with Crippen LogP contribution in [0.25, 0.3) is 0 Å². The zero-order valence-electron chi connectivity index (χ0n) is 4.36. The van der Waals surface area contributed by atoms with Crippen LogP contribution in [-0.4, -0.2) is 6.03 Å². The number of halogens is 1. The molecule has 0 aliphatic rings. The van der Waals surface area contributed by atoms with E-state index in [0.29, 0.717) is 0 Å². The van der Waals surface area contributed by atoms with Crippen molar-refractivity contribution in [3.05, 3.63) is 0 Å². The van der Waals surface area contributed by atoms with Gasteiger partial charge in [0.2, 0.25) is 0 Å². The molecule has 2 amide bonds. The van der Waals surface area contributed by atoms with E-state index in [2.05, 4.69) is 21.9 Å². The minimum atomic E-state index is -0.579. The van der Waals surface area contributed by atoms with Crippen molar-refractivity contribution in [2.45, 2.75) is 0 Å². The molecule has 0 aromatic carbocycles. The molecule has 0 aliphatic heterocycles. The molecule has 0 radical (unpaired) electrons. The summed E-state index contributed by atoms with van der Waals surface area (Å²) in [5, 5.41) is 0. The van der Waals surface area contributed by atoms with Crippen LogP contribution in [0.3, 0.4) is 0 Å².